The van der Waals surface area contributed by atoms with Crippen molar-refractivity contribution in [3.63, 3.8) is 0 Å². The molecule has 0 fully saturated rings. The number of nitrogens with zero attached hydrogens (tertiary/aromatic N) is 1. The Balaban J connectivity index is 1.70. The SMILES string of the molecule is CN(C)CCOc1ccc(CNC(=O)CCc2cccc(Br)c2)cc1. The Labute approximate surface area is 158 Å². The third kappa shape index (κ3) is 7.71. The quantitative estimate of drug-likeness (QED) is 0.693. The summed E-state index contributed by atoms with van der Waals surface area (Å²) in [5.41, 5.74) is 2.22. The number of benzene rings is 2. The van der Waals surface area contributed by atoms with Crippen molar-refractivity contribution in [3.8, 4) is 5.75 Å². The van der Waals surface area contributed by atoms with Crippen molar-refractivity contribution < 1.29 is 9.53 Å². The van der Waals surface area contributed by atoms with Crippen LogP contribution in [0.4, 0.5) is 0 Å². The highest BCUT2D eigenvalue weighted by molar-refractivity contribution is 9.10. The molecule has 2 aromatic rings. The van der Waals surface area contributed by atoms with Crippen molar-refractivity contribution in [1.29, 1.82) is 0 Å². The van der Waals surface area contributed by atoms with Gasteiger partial charge in [-0.05, 0) is 55.9 Å². The molecule has 2 rings (SSSR count). The number of aryl methyl sites for hydroxylation is 1. The number of nitrogens with one attached hydrogen (secondary N) is 1. The predicted octanol–water partition coefficient (Wildman–Crippen LogP) is 3.64. The number of amides is 1. The van der Waals surface area contributed by atoms with E-state index in [0.29, 0.717) is 19.6 Å². The Morgan fingerprint density at radius 3 is 2.56 bits per heavy atom. The van der Waals surface area contributed by atoms with Gasteiger partial charge in [-0.25, -0.2) is 0 Å². The molecule has 0 saturated heterocycles. The molecule has 25 heavy (non-hydrogen) atoms. The molecule has 1 N–H and O–H groups in total. The van der Waals surface area contributed by atoms with Crippen molar-refractivity contribution in [1.82, 2.24) is 10.2 Å². The Bertz CT molecular complexity index is 672. The molecule has 0 aliphatic carbocycles. The molecule has 0 heterocycles. The van der Waals surface area contributed by atoms with Crippen LogP contribution in [0.25, 0.3) is 0 Å². The summed E-state index contributed by atoms with van der Waals surface area (Å²) in [5, 5.41) is 2.96. The summed E-state index contributed by atoms with van der Waals surface area (Å²) >= 11 is 3.45. The molecule has 134 valence electrons. The van der Waals surface area contributed by atoms with Crippen LogP contribution in [-0.2, 0) is 17.8 Å². The zero-order valence-corrected chi connectivity index (χ0v) is 16.4. The lowest BCUT2D eigenvalue weighted by atomic mass is 10.1. The van der Waals surface area contributed by atoms with Gasteiger partial charge in [-0.2, -0.15) is 0 Å². The highest BCUT2D eigenvalue weighted by atomic mass is 79.9. The van der Waals surface area contributed by atoms with Gasteiger partial charge in [0.15, 0.2) is 0 Å². The maximum atomic E-state index is 12.0. The number of hydrogen-bond donors (Lipinski definition) is 1. The van der Waals surface area contributed by atoms with Gasteiger partial charge < -0.3 is 15.0 Å². The van der Waals surface area contributed by atoms with E-state index in [1.807, 2.05) is 62.6 Å². The van der Waals surface area contributed by atoms with E-state index in [-0.39, 0.29) is 5.91 Å². The lowest BCUT2D eigenvalue weighted by Gasteiger charge is -2.11. The monoisotopic (exact) mass is 404 g/mol. The van der Waals surface area contributed by atoms with E-state index in [1.54, 1.807) is 0 Å². The van der Waals surface area contributed by atoms with Gasteiger partial charge in [0.25, 0.3) is 0 Å². The number of halogens is 1. The van der Waals surface area contributed by atoms with E-state index in [9.17, 15) is 4.79 Å². The van der Waals surface area contributed by atoms with Crippen LogP contribution in [0.15, 0.2) is 53.0 Å². The van der Waals surface area contributed by atoms with Crippen LogP contribution in [0, 0.1) is 0 Å². The Kier molecular flexibility index (Phi) is 7.95. The summed E-state index contributed by atoms with van der Waals surface area (Å²) < 4.78 is 6.70. The standard InChI is InChI=1S/C20H25BrN2O2/c1-23(2)12-13-25-19-9-6-17(7-10-19)15-22-20(24)11-8-16-4-3-5-18(21)14-16/h3-7,9-10,14H,8,11-13,15H2,1-2H3,(H,22,24). The second kappa shape index (κ2) is 10.2. The Morgan fingerprint density at radius 2 is 1.88 bits per heavy atom. The van der Waals surface area contributed by atoms with E-state index in [0.717, 1.165) is 34.3 Å². The van der Waals surface area contributed by atoms with Crippen LogP contribution < -0.4 is 10.1 Å². The second-order valence-corrected chi connectivity index (χ2v) is 7.12. The van der Waals surface area contributed by atoms with Crippen molar-refractivity contribution >= 4 is 21.8 Å². The second-order valence-electron chi connectivity index (χ2n) is 6.20. The van der Waals surface area contributed by atoms with Crippen LogP contribution in [0.1, 0.15) is 17.5 Å². The first-order valence-corrected chi connectivity index (χ1v) is 9.20. The van der Waals surface area contributed by atoms with Gasteiger partial charge >= 0.3 is 0 Å². The van der Waals surface area contributed by atoms with Crippen molar-refractivity contribution in [2.24, 2.45) is 0 Å². The lowest BCUT2D eigenvalue weighted by molar-refractivity contribution is -0.121. The van der Waals surface area contributed by atoms with E-state index in [1.165, 1.54) is 0 Å². The number of likely N-dealkylation sites (N-methyl/N-ethyl adjacent to an activating group) is 1. The number of hydrogen-bond acceptors (Lipinski definition) is 3. The van der Waals surface area contributed by atoms with E-state index < -0.39 is 0 Å². The van der Waals surface area contributed by atoms with Gasteiger partial charge in [0.1, 0.15) is 12.4 Å². The van der Waals surface area contributed by atoms with Crippen LogP contribution in [-0.4, -0.2) is 38.1 Å². The smallest absolute Gasteiger partial charge is 0.220 e. The van der Waals surface area contributed by atoms with E-state index in [2.05, 4.69) is 26.1 Å². The third-order valence-electron chi connectivity index (χ3n) is 3.75. The van der Waals surface area contributed by atoms with Gasteiger partial charge in [0.05, 0.1) is 0 Å². The van der Waals surface area contributed by atoms with Gasteiger partial charge in [0, 0.05) is 24.0 Å². The van der Waals surface area contributed by atoms with E-state index in [4.69, 9.17) is 4.74 Å². The summed E-state index contributed by atoms with van der Waals surface area (Å²) in [6.07, 6.45) is 1.23. The number of ether oxygens (including phenoxy) is 1. The predicted molar refractivity (Wildman–Crippen MR) is 105 cm³/mol. The maximum absolute atomic E-state index is 12.0. The highest BCUT2D eigenvalue weighted by Gasteiger charge is 2.03. The Hall–Kier alpha value is -1.85. The molecule has 5 heteroatoms. The minimum atomic E-state index is 0.0614. The number of rotatable bonds is 9. The molecular weight excluding hydrogens is 380 g/mol. The van der Waals surface area contributed by atoms with Crippen molar-refractivity contribution in [2.45, 2.75) is 19.4 Å². The average Bonchev–Trinajstić information content (AvgIpc) is 2.59. The molecule has 0 radical (unpaired) electrons. The van der Waals surface area contributed by atoms with E-state index >= 15 is 0 Å². The van der Waals surface area contributed by atoms with Crippen LogP contribution in [0.5, 0.6) is 5.75 Å². The van der Waals surface area contributed by atoms with Gasteiger partial charge in [-0.15, -0.1) is 0 Å². The molecule has 0 bridgehead atoms. The summed E-state index contributed by atoms with van der Waals surface area (Å²) in [4.78, 5) is 14.1. The molecule has 1 amide bonds. The normalized spacial score (nSPS) is 10.7. The summed E-state index contributed by atoms with van der Waals surface area (Å²) in [6, 6.07) is 15.9. The topological polar surface area (TPSA) is 41.6 Å². The molecule has 0 spiro atoms. The first-order chi connectivity index (χ1) is 12.0. The summed E-state index contributed by atoms with van der Waals surface area (Å²) in [6.45, 7) is 2.09. The fraction of sp³-hybridized carbons (Fsp3) is 0.350. The first kappa shape index (κ1) is 19.5. The molecule has 0 atom stereocenters. The third-order valence-corrected chi connectivity index (χ3v) is 4.24. The highest BCUT2D eigenvalue weighted by Crippen LogP contribution is 2.14. The minimum Gasteiger partial charge on any atom is -0.492 e. The largest absolute Gasteiger partial charge is 0.492 e. The van der Waals surface area contributed by atoms with Crippen LogP contribution in [0.2, 0.25) is 0 Å². The molecule has 0 aliphatic rings. The summed E-state index contributed by atoms with van der Waals surface area (Å²) in [5.74, 6) is 0.915. The average molecular weight is 405 g/mol. The van der Waals surface area contributed by atoms with Crippen LogP contribution >= 0.6 is 15.9 Å². The molecule has 2 aromatic carbocycles. The van der Waals surface area contributed by atoms with Gasteiger partial charge in [-0.1, -0.05) is 40.2 Å². The molecule has 0 aliphatic heterocycles. The summed E-state index contributed by atoms with van der Waals surface area (Å²) in [7, 11) is 4.04. The molecule has 0 aromatic heterocycles. The molecule has 0 unspecified atom stereocenters. The fourth-order valence-electron chi connectivity index (χ4n) is 2.29. The van der Waals surface area contributed by atoms with Gasteiger partial charge in [-0.3, -0.25) is 4.79 Å². The maximum Gasteiger partial charge on any atom is 0.220 e. The number of carbonyl (C=O) groups is 1. The zero-order chi connectivity index (χ0) is 18.1. The lowest BCUT2D eigenvalue weighted by Crippen LogP contribution is -2.23. The van der Waals surface area contributed by atoms with Gasteiger partial charge in [0.2, 0.25) is 5.91 Å². The minimum absolute atomic E-state index is 0.0614. The molecule has 4 nitrogen and oxygen atoms in total. The zero-order valence-electron chi connectivity index (χ0n) is 14.8. The van der Waals surface area contributed by atoms with Crippen LogP contribution in [0.3, 0.4) is 0 Å². The van der Waals surface area contributed by atoms with Crippen molar-refractivity contribution in [2.75, 3.05) is 27.2 Å². The van der Waals surface area contributed by atoms with Crippen molar-refractivity contribution in [3.05, 3.63) is 64.1 Å². The first-order valence-electron chi connectivity index (χ1n) is 8.40. The molecule has 0 saturated carbocycles. The number of carbonyl (C=O) groups excluding carboxylic acids is 1. The molecular formula is C20H25BrN2O2. The fourth-order valence-corrected chi connectivity index (χ4v) is 2.74. The Morgan fingerprint density at radius 1 is 1.12 bits per heavy atom.